The number of carbonyl (C=O) groups excluding carboxylic acids is 1. The first-order valence-corrected chi connectivity index (χ1v) is 7.42. The van der Waals surface area contributed by atoms with Gasteiger partial charge >= 0.3 is 0 Å². The molecular weight excluding hydrogens is 304 g/mol. The number of amides is 1. The molecule has 0 bridgehead atoms. The van der Waals surface area contributed by atoms with E-state index in [0.717, 1.165) is 36.6 Å². The second kappa shape index (κ2) is 5.75. The van der Waals surface area contributed by atoms with Crippen LogP contribution in [-0.2, 0) is 4.79 Å². The molecule has 1 aromatic carbocycles. The lowest BCUT2D eigenvalue weighted by Gasteiger charge is -2.26. The minimum absolute atomic E-state index is 0.0614. The molecule has 0 unspecified atom stereocenters. The predicted molar refractivity (Wildman–Crippen MR) is 78.7 cm³/mol. The first-order chi connectivity index (χ1) is 9.11. The zero-order valence-corrected chi connectivity index (χ0v) is 12.6. The number of nitriles is 1. The summed E-state index contributed by atoms with van der Waals surface area (Å²) in [6, 6.07) is 7.46. The maximum atomic E-state index is 12.5. The molecule has 2 rings (SSSR count). The molecule has 0 spiro atoms. The van der Waals surface area contributed by atoms with Crippen LogP contribution in [0.2, 0.25) is 0 Å². The van der Waals surface area contributed by atoms with E-state index in [4.69, 9.17) is 5.26 Å². The Hall–Kier alpha value is -1.34. The van der Waals surface area contributed by atoms with Gasteiger partial charge in [0, 0.05) is 9.89 Å². The number of rotatable bonds is 3. The molecular formula is C15H17BrN2O. The maximum absolute atomic E-state index is 12.5. The molecule has 0 atom stereocenters. The van der Waals surface area contributed by atoms with Gasteiger partial charge in [-0.15, -0.1) is 0 Å². The van der Waals surface area contributed by atoms with Gasteiger partial charge in [0.25, 0.3) is 0 Å². The molecule has 0 heterocycles. The van der Waals surface area contributed by atoms with Gasteiger partial charge < -0.3 is 5.32 Å². The Morgan fingerprint density at radius 1 is 1.47 bits per heavy atom. The zero-order chi connectivity index (χ0) is 13.9. The molecule has 1 aromatic rings. The summed E-state index contributed by atoms with van der Waals surface area (Å²) >= 11 is 3.33. The standard InChI is InChI=1S/C15H17BrN2O/c1-2-15(7-3-4-8-15)14(19)18-13-6-5-12(16)9-11(13)10-17/h5-6,9H,2-4,7-8H2,1H3,(H,18,19). The van der Waals surface area contributed by atoms with Crippen molar-refractivity contribution in [3.63, 3.8) is 0 Å². The third-order valence-electron chi connectivity index (χ3n) is 4.07. The van der Waals surface area contributed by atoms with Crippen molar-refractivity contribution in [2.75, 3.05) is 5.32 Å². The summed E-state index contributed by atoms with van der Waals surface area (Å²) in [5.74, 6) is 0.0614. The third kappa shape index (κ3) is 2.82. The lowest BCUT2D eigenvalue weighted by atomic mass is 9.82. The van der Waals surface area contributed by atoms with Gasteiger partial charge in [0.15, 0.2) is 0 Å². The Kier molecular flexibility index (Phi) is 4.26. The average molecular weight is 321 g/mol. The van der Waals surface area contributed by atoms with Crippen LogP contribution < -0.4 is 5.32 Å². The number of nitrogens with one attached hydrogen (secondary N) is 1. The predicted octanol–water partition coefficient (Wildman–Crippen LogP) is 4.23. The number of halogens is 1. The fourth-order valence-electron chi connectivity index (χ4n) is 2.77. The highest BCUT2D eigenvalue weighted by molar-refractivity contribution is 9.10. The topological polar surface area (TPSA) is 52.9 Å². The lowest BCUT2D eigenvalue weighted by molar-refractivity contribution is -0.125. The quantitative estimate of drug-likeness (QED) is 0.906. The molecule has 19 heavy (non-hydrogen) atoms. The van der Waals surface area contributed by atoms with Crippen molar-refractivity contribution in [2.24, 2.45) is 5.41 Å². The van der Waals surface area contributed by atoms with Crippen LogP contribution in [0, 0.1) is 16.7 Å². The van der Waals surface area contributed by atoms with Gasteiger partial charge in [-0.05, 0) is 37.5 Å². The Morgan fingerprint density at radius 2 is 2.16 bits per heavy atom. The Balaban J connectivity index is 2.22. The van der Waals surface area contributed by atoms with E-state index < -0.39 is 0 Å². The molecule has 1 saturated carbocycles. The molecule has 0 saturated heterocycles. The first kappa shape index (κ1) is 14.1. The molecule has 0 aromatic heterocycles. The largest absolute Gasteiger partial charge is 0.324 e. The second-order valence-corrected chi connectivity index (χ2v) is 6.01. The van der Waals surface area contributed by atoms with Crippen LogP contribution >= 0.6 is 15.9 Å². The summed E-state index contributed by atoms with van der Waals surface area (Å²) in [5.41, 5.74) is 0.863. The van der Waals surface area contributed by atoms with Gasteiger partial charge in [-0.3, -0.25) is 4.79 Å². The molecule has 4 heteroatoms. The van der Waals surface area contributed by atoms with E-state index in [0.29, 0.717) is 11.3 Å². The summed E-state index contributed by atoms with van der Waals surface area (Å²) in [7, 11) is 0. The number of hydrogen-bond donors (Lipinski definition) is 1. The smallest absolute Gasteiger partial charge is 0.230 e. The SMILES string of the molecule is CCC1(C(=O)Nc2ccc(Br)cc2C#N)CCCC1. The van der Waals surface area contributed by atoms with Crippen LogP contribution in [0.5, 0.6) is 0 Å². The van der Waals surface area contributed by atoms with Gasteiger partial charge in [0.2, 0.25) is 5.91 Å². The maximum Gasteiger partial charge on any atom is 0.230 e. The number of carbonyl (C=O) groups is 1. The highest BCUT2D eigenvalue weighted by Gasteiger charge is 2.39. The van der Waals surface area contributed by atoms with Gasteiger partial charge in [-0.1, -0.05) is 35.7 Å². The number of nitrogens with zero attached hydrogens (tertiary/aromatic N) is 1. The van der Waals surface area contributed by atoms with E-state index in [1.54, 1.807) is 12.1 Å². The van der Waals surface area contributed by atoms with Crippen molar-refractivity contribution >= 4 is 27.5 Å². The summed E-state index contributed by atoms with van der Waals surface area (Å²) in [4.78, 5) is 12.5. The second-order valence-electron chi connectivity index (χ2n) is 5.10. The molecule has 0 aliphatic heterocycles. The van der Waals surface area contributed by atoms with E-state index in [-0.39, 0.29) is 11.3 Å². The number of benzene rings is 1. The molecule has 1 aliphatic carbocycles. The van der Waals surface area contributed by atoms with E-state index in [9.17, 15) is 4.79 Å². The van der Waals surface area contributed by atoms with Gasteiger partial charge in [-0.2, -0.15) is 5.26 Å². The summed E-state index contributed by atoms with van der Waals surface area (Å²) in [5, 5.41) is 12.1. The van der Waals surface area contributed by atoms with Crippen LogP contribution in [0.4, 0.5) is 5.69 Å². The molecule has 1 amide bonds. The van der Waals surface area contributed by atoms with Gasteiger partial charge in [0.1, 0.15) is 6.07 Å². The molecule has 100 valence electrons. The first-order valence-electron chi connectivity index (χ1n) is 6.62. The van der Waals surface area contributed by atoms with Crippen LogP contribution in [0.15, 0.2) is 22.7 Å². The van der Waals surface area contributed by atoms with Crippen LogP contribution in [0.3, 0.4) is 0 Å². The number of hydrogen-bond acceptors (Lipinski definition) is 2. The van der Waals surface area contributed by atoms with Crippen molar-refractivity contribution in [1.82, 2.24) is 0 Å². The van der Waals surface area contributed by atoms with E-state index >= 15 is 0 Å². The minimum atomic E-state index is -0.236. The third-order valence-corrected chi connectivity index (χ3v) is 4.56. The Labute approximate surface area is 122 Å². The molecule has 1 N–H and O–H groups in total. The molecule has 1 fully saturated rings. The normalized spacial score (nSPS) is 16.9. The molecule has 1 aliphatic rings. The number of anilines is 1. The summed E-state index contributed by atoms with van der Waals surface area (Å²) < 4.78 is 0.841. The van der Waals surface area contributed by atoms with Gasteiger partial charge in [-0.25, -0.2) is 0 Å². The van der Waals surface area contributed by atoms with Crippen molar-refractivity contribution in [1.29, 1.82) is 5.26 Å². The summed E-state index contributed by atoms with van der Waals surface area (Å²) in [6.45, 7) is 2.07. The van der Waals surface area contributed by atoms with Gasteiger partial charge in [0.05, 0.1) is 11.3 Å². The fraction of sp³-hybridized carbons (Fsp3) is 0.467. The van der Waals surface area contributed by atoms with E-state index in [2.05, 4.69) is 34.2 Å². The molecule has 3 nitrogen and oxygen atoms in total. The summed E-state index contributed by atoms with van der Waals surface area (Å²) in [6.07, 6.45) is 5.00. The molecule has 0 radical (unpaired) electrons. The Bertz CT molecular complexity index is 527. The van der Waals surface area contributed by atoms with E-state index in [1.807, 2.05) is 6.07 Å². The highest BCUT2D eigenvalue weighted by Crippen LogP contribution is 2.42. The monoisotopic (exact) mass is 320 g/mol. The van der Waals surface area contributed by atoms with Crippen LogP contribution in [0.25, 0.3) is 0 Å². The van der Waals surface area contributed by atoms with Crippen molar-refractivity contribution in [2.45, 2.75) is 39.0 Å². The average Bonchev–Trinajstić information content (AvgIpc) is 2.90. The van der Waals surface area contributed by atoms with Crippen molar-refractivity contribution < 1.29 is 4.79 Å². The van der Waals surface area contributed by atoms with E-state index in [1.165, 1.54) is 0 Å². The minimum Gasteiger partial charge on any atom is -0.324 e. The fourth-order valence-corrected chi connectivity index (χ4v) is 3.13. The van der Waals surface area contributed by atoms with Crippen LogP contribution in [-0.4, -0.2) is 5.91 Å². The van der Waals surface area contributed by atoms with Crippen molar-refractivity contribution in [3.8, 4) is 6.07 Å². The lowest BCUT2D eigenvalue weighted by Crippen LogP contribution is -2.33. The van der Waals surface area contributed by atoms with Crippen molar-refractivity contribution in [3.05, 3.63) is 28.2 Å². The Morgan fingerprint density at radius 3 is 2.74 bits per heavy atom. The van der Waals surface area contributed by atoms with Crippen LogP contribution in [0.1, 0.15) is 44.6 Å². The zero-order valence-electron chi connectivity index (χ0n) is 11.0. The highest BCUT2D eigenvalue weighted by atomic mass is 79.9.